The minimum atomic E-state index is -0.535. The number of benzene rings is 2. The van der Waals surface area contributed by atoms with Crippen LogP contribution in [-0.4, -0.2) is 60.0 Å². The molecule has 2 aromatic rings. The third kappa shape index (κ3) is 6.02. The molecule has 1 N–H and O–H groups in total. The van der Waals surface area contributed by atoms with Crippen molar-refractivity contribution in [2.24, 2.45) is 5.92 Å². The van der Waals surface area contributed by atoms with Gasteiger partial charge in [0, 0.05) is 38.3 Å². The fourth-order valence-electron chi connectivity index (χ4n) is 4.52. The zero-order chi connectivity index (χ0) is 26.1. The number of piperidine rings is 1. The summed E-state index contributed by atoms with van der Waals surface area (Å²) in [7, 11) is 6.18. The minimum absolute atomic E-state index is 0.0921. The van der Waals surface area contributed by atoms with Crippen molar-refractivity contribution in [3.8, 4) is 23.0 Å². The predicted octanol–water partition coefficient (Wildman–Crippen LogP) is 3.75. The molecule has 196 valence electrons. The summed E-state index contributed by atoms with van der Waals surface area (Å²) < 4.78 is 27.2. The van der Waals surface area contributed by atoms with E-state index in [1.165, 1.54) is 21.3 Å². The summed E-state index contributed by atoms with van der Waals surface area (Å²) in [5.74, 6) is 1.33. The minimum Gasteiger partial charge on any atom is -0.497 e. The highest BCUT2D eigenvalue weighted by Gasteiger charge is 2.42. The molecular weight excluding hydrogens is 464 g/mol. The quantitative estimate of drug-likeness (QED) is 0.444. The van der Waals surface area contributed by atoms with Crippen molar-refractivity contribution in [1.29, 1.82) is 0 Å². The molecule has 2 aromatic carbocycles. The van der Waals surface area contributed by atoms with Gasteiger partial charge in [-0.3, -0.25) is 9.59 Å². The molecule has 3 rings (SSSR count). The highest BCUT2D eigenvalue weighted by atomic mass is 16.5. The van der Waals surface area contributed by atoms with Gasteiger partial charge in [-0.1, -0.05) is 12.1 Å². The van der Waals surface area contributed by atoms with E-state index in [1.807, 2.05) is 31.2 Å². The van der Waals surface area contributed by atoms with E-state index >= 15 is 0 Å². The lowest BCUT2D eigenvalue weighted by molar-refractivity contribution is -0.129. The number of methoxy groups -OCH3 is 4. The Bertz CT molecular complexity index is 1000. The topological polar surface area (TPSA) is 95.6 Å². The Morgan fingerprint density at radius 3 is 2.22 bits per heavy atom. The molecule has 0 unspecified atom stereocenters. The highest BCUT2D eigenvalue weighted by molar-refractivity contribution is 5.98. The largest absolute Gasteiger partial charge is 0.497 e. The fourth-order valence-corrected chi connectivity index (χ4v) is 4.52. The van der Waals surface area contributed by atoms with Crippen LogP contribution < -0.4 is 29.2 Å². The number of hydrogen-bond acceptors (Lipinski definition) is 7. The summed E-state index contributed by atoms with van der Waals surface area (Å²) in [5.41, 5.74) is 1.39. The Morgan fingerprint density at radius 1 is 1.00 bits per heavy atom. The van der Waals surface area contributed by atoms with E-state index < -0.39 is 12.0 Å². The average Bonchev–Trinajstić information content (AvgIpc) is 2.91. The second kappa shape index (κ2) is 13.0. The average molecular weight is 501 g/mol. The van der Waals surface area contributed by atoms with Gasteiger partial charge in [0.1, 0.15) is 5.75 Å². The molecule has 1 saturated heterocycles. The van der Waals surface area contributed by atoms with Gasteiger partial charge in [0.15, 0.2) is 11.5 Å². The normalized spacial score (nSPS) is 17.5. The molecule has 1 fully saturated rings. The maximum atomic E-state index is 13.4. The predicted molar refractivity (Wildman–Crippen MR) is 136 cm³/mol. The van der Waals surface area contributed by atoms with Gasteiger partial charge in [0.2, 0.25) is 17.6 Å². The fraction of sp³-hybridized carbons (Fsp3) is 0.481. The van der Waals surface area contributed by atoms with Gasteiger partial charge < -0.3 is 33.9 Å². The maximum absolute atomic E-state index is 13.4. The van der Waals surface area contributed by atoms with Gasteiger partial charge in [-0.15, -0.1) is 0 Å². The molecule has 9 nitrogen and oxygen atoms in total. The number of hydrogen-bond donors (Lipinski definition) is 1. The van der Waals surface area contributed by atoms with Crippen LogP contribution in [0.2, 0.25) is 0 Å². The van der Waals surface area contributed by atoms with Gasteiger partial charge in [0.25, 0.3) is 0 Å². The van der Waals surface area contributed by atoms with E-state index in [9.17, 15) is 9.59 Å². The van der Waals surface area contributed by atoms with E-state index in [2.05, 4.69) is 5.32 Å². The smallest absolute Gasteiger partial charge is 0.227 e. The Balaban J connectivity index is 2.03. The van der Waals surface area contributed by atoms with Gasteiger partial charge >= 0.3 is 0 Å². The maximum Gasteiger partial charge on any atom is 0.227 e. The van der Waals surface area contributed by atoms with Crippen LogP contribution in [0.15, 0.2) is 36.4 Å². The van der Waals surface area contributed by atoms with Crippen molar-refractivity contribution in [3.63, 3.8) is 0 Å². The first-order valence-electron chi connectivity index (χ1n) is 12.1. The lowest BCUT2D eigenvalue weighted by Crippen LogP contribution is -2.48. The van der Waals surface area contributed by atoms with Crippen LogP contribution >= 0.6 is 0 Å². The van der Waals surface area contributed by atoms with Crippen molar-refractivity contribution in [3.05, 3.63) is 42.0 Å². The van der Waals surface area contributed by atoms with E-state index in [4.69, 9.17) is 23.7 Å². The third-order valence-corrected chi connectivity index (χ3v) is 6.29. The van der Waals surface area contributed by atoms with Crippen LogP contribution in [0.25, 0.3) is 0 Å². The van der Waals surface area contributed by atoms with Crippen molar-refractivity contribution < 1.29 is 33.3 Å². The Morgan fingerprint density at radius 2 is 1.67 bits per heavy atom. The zero-order valence-corrected chi connectivity index (χ0v) is 21.7. The number of rotatable bonds is 12. The molecule has 0 saturated carbocycles. The molecule has 36 heavy (non-hydrogen) atoms. The Labute approximate surface area is 212 Å². The lowest BCUT2D eigenvalue weighted by Gasteiger charge is -2.41. The molecule has 9 heteroatoms. The molecule has 0 aromatic heterocycles. The summed E-state index contributed by atoms with van der Waals surface area (Å²) in [6.07, 6.45) is 1.39. The van der Waals surface area contributed by atoms with Crippen LogP contribution in [-0.2, 0) is 14.3 Å². The highest BCUT2D eigenvalue weighted by Crippen LogP contribution is 2.46. The Hall–Kier alpha value is -3.46. The second-order valence-electron chi connectivity index (χ2n) is 8.35. The summed E-state index contributed by atoms with van der Waals surface area (Å²) in [6.45, 7) is 3.67. The van der Waals surface area contributed by atoms with Crippen LogP contribution in [0.4, 0.5) is 5.69 Å². The van der Waals surface area contributed by atoms with Crippen molar-refractivity contribution in [2.45, 2.75) is 32.2 Å². The van der Waals surface area contributed by atoms with Gasteiger partial charge in [-0.05, 0) is 37.5 Å². The van der Waals surface area contributed by atoms with E-state index in [1.54, 1.807) is 24.1 Å². The van der Waals surface area contributed by atoms with Crippen LogP contribution in [0.3, 0.4) is 0 Å². The molecule has 0 radical (unpaired) electrons. The molecule has 0 spiro atoms. The first kappa shape index (κ1) is 27.1. The molecule has 1 aliphatic heterocycles. The Kier molecular flexibility index (Phi) is 9.81. The van der Waals surface area contributed by atoms with Gasteiger partial charge in [-0.25, -0.2) is 0 Å². The number of amides is 2. The zero-order valence-electron chi connectivity index (χ0n) is 21.7. The first-order chi connectivity index (χ1) is 17.5. The van der Waals surface area contributed by atoms with E-state index in [0.29, 0.717) is 54.9 Å². The molecule has 0 bridgehead atoms. The number of carbonyl (C=O) groups excluding carboxylic acids is 2. The summed E-state index contributed by atoms with van der Waals surface area (Å²) in [6, 6.07) is 10.4. The van der Waals surface area contributed by atoms with Crippen molar-refractivity contribution in [1.82, 2.24) is 5.32 Å². The lowest BCUT2D eigenvalue weighted by atomic mass is 9.83. The SMILES string of the molecule is CCOCCCNC(=O)[C@@H]1CCC(=O)N(c2cc(OC)c(OC)c(OC)c2)[C@H]1c1ccc(OC)cc1. The number of ether oxygens (including phenoxy) is 5. The number of carbonyl (C=O) groups is 2. The first-order valence-corrected chi connectivity index (χ1v) is 12.1. The number of nitrogens with zero attached hydrogens (tertiary/aromatic N) is 1. The molecule has 1 heterocycles. The molecule has 2 amide bonds. The standard InChI is InChI=1S/C27H36N2O7/c1-6-36-15-7-14-28-27(31)21-12-13-24(30)29(25(21)18-8-10-20(32-2)11-9-18)19-16-22(33-3)26(35-5)23(17-19)34-4/h8-11,16-17,21,25H,6-7,12-15H2,1-5H3,(H,28,31)/t21-,25+/m1/s1. The summed E-state index contributed by atoms with van der Waals surface area (Å²) >= 11 is 0. The van der Waals surface area contributed by atoms with Gasteiger partial charge in [-0.2, -0.15) is 0 Å². The van der Waals surface area contributed by atoms with Crippen molar-refractivity contribution in [2.75, 3.05) is 53.1 Å². The number of anilines is 1. The third-order valence-electron chi connectivity index (χ3n) is 6.29. The van der Waals surface area contributed by atoms with E-state index in [-0.39, 0.29) is 18.2 Å². The molecular formula is C27H36N2O7. The monoisotopic (exact) mass is 500 g/mol. The van der Waals surface area contributed by atoms with Crippen molar-refractivity contribution >= 4 is 17.5 Å². The van der Waals surface area contributed by atoms with Crippen LogP contribution in [0.5, 0.6) is 23.0 Å². The number of nitrogens with one attached hydrogen (secondary N) is 1. The van der Waals surface area contributed by atoms with Crippen LogP contribution in [0.1, 0.15) is 37.8 Å². The summed E-state index contributed by atoms with van der Waals surface area (Å²) in [5, 5.41) is 3.03. The van der Waals surface area contributed by atoms with Crippen LogP contribution in [0, 0.1) is 5.92 Å². The molecule has 0 aliphatic carbocycles. The molecule has 1 aliphatic rings. The molecule has 2 atom stereocenters. The summed E-state index contributed by atoms with van der Waals surface area (Å²) in [4.78, 5) is 28.4. The van der Waals surface area contributed by atoms with Gasteiger partial charge in [0.05, 0.1) is 46.1 Å². The second-order valence-corrected chi connectivity index (χ2v) is 8.35. The van der Waals surface area contributed by atoms with E-state index in [0.717, 1.165) is 12.0 Å².